The van der Waals surface area contributed by atoms with Crippen molar-refractivity contribution in [3.63, 3.8) is 0 Å². The SMILES string of the molecule is C=C[C@H](CCl)C1CCCCC1. The van der Waals surface area contributed by atoms with Crippen molar-refractivity contribution < 1.29 is 0 Å². The highest BCUT2D eigenvalue weighted by molar-refractivity contribution is 6.18. The summed E-state index contributed by atoms with van der Waals surface area (Å²) in [5.74, 6) is 2.16. The second kappa shape index (κ2) is 4.82. The van der Waals surface area contributed by atoms with Gasteiger partial charge in [0.2, 0.25) is 0 Å². The zero-order valence-electron chi connectivity index (χ0n) is 7.06. The van der Waals surface area contributed by atoms with Crippen molar-refractivity contribution in [2.45, 2.75) is 32.1 Å². The third-order valence-corrected chi connectivity index (χ3v) is 3.09. The van der Waals surface area contributed by atoms with Gasteiger partial charge < -0.3 is 0 Å². The van der Waals surface area contributed by atoms with Crippen LogP contribution in [-0.4, -0.2) is 5.88 Å². The lowest BCUT2D eigenvalue weighted by Crippen LogP contribution is -2.17. The van der Waals surface area contributed by atoms with Crippen molar-refractivity contribution in [3.05, 3.63) is 12.7 Å². The lowest BCUT2D eigenvalue weighted by molar-refractivity contribution is 0.302. The molecule has 0 nitrogen and oxygen atoms in total. The third-order valence-electron chi connectivity index (χ3n) is 2.74. The summed E-state index contributed by atoms with van der Waals surface area (Å²) < 4.78 is 0. The Kier molecular flexibility index (Phi) is 3.99. The molecule has 1 atom stereocenters. The Morgan fingerprint density at radius 3 is 2.45 bits per heavy atom. The summed E-state index contributed by atoms with van der Waals surface area (Å²) in [5, 5.41) is 0. The molecule has 0 aromatic heterocycles. The van der Waals surface area contributed by atoms with Crippen LogP contribution < -0.4 is 0 Å². The highest BCUT2D eigenvalue weighted by Gasteiger charge is 2.19. The van der Waals surface area contributed by atoms with Crippen LogP contribution in [0.5, 0.6) is 0 Å². The molecule has 0 spiro atoms. The maximum absolute atomic E-state index is 5.83. The number of halogens is 1. The average Bonchev–Trinajstić information content (AvgIpc) is 2.09. The molecule has 0 unspecified atom stereocenters. The number of allylic oxidation sites excluding steroid dienone is 1. The predicted molar refractivity (Wildman–Crippen MR) is 51.0 cm³/mol. The summed E-state index contributed by atoms with van der Waals surface area (Å²) in [7, 11) is 0. The second-order valence-electron chi connectivity index (χ2n) is 3.45. The molecule has 0 radical (unpaired) electrons. The lowest BCUT2D eigenvalue weighted by Gasteiger charge is -2.26. The van der Waals surface area contributed by atoms with E-state index in [1.165, 1.54) is 32.1 Å². The minimum atomic E-state index is 0.567. The van der Waals surface area contributed by atoms with Gasteiger partial charge in [0.25, 0.3) is 0 Å². The molecule has 64 valence electrons. The largest absolute Gasteiger partial charge is 0.126 e. The quantitative estimate of drug-likeness (QED) is 0.451. The van der Waals surface area contributed by atoms with Gasteiger partial charge in [-0.3, -0.25) is 0 Å². The van der Waals surface area contributed by atoms with E-state index in [4.69, 9.17) is 11.6 Å². The molecule has 0 bridgehead atoms. The van der Waals surface area contributed by atoms with Crippen molar-refractivity contribution >= 4 is 11.6 Å². The van der Waals surface area contributed by atoms with Crippen LogP contribution >= 0.6 is 11.6 Å². The Morgan fingerprint density at radius 2 is 2.00 bits per heavy atom. The van der Waals surface area contributed by atoms with E-state index < -0.39 is 0 Å². The van der Waals surface area contributed by atoms with E-state index in [0.29, 0.717) is 5.92 Å². The number of rotatable bonds is 3. The Bertz CT molecular complexity index is 114. The molecule has 0 aromatic carbocycles. The summed E-state index contributed by atoms with van der Waals surface area (Å²) in [4.78, 5) is 0. The van der Waals surface area contributed by atoms with Gasteiger partial charge in [-0.05, 0) is 24.7 Å². The topological polar surface area (TPSA) is 0 Å². The Labute approximate surface area is 74.6 Å². The summed E-state index contributed by atoms with van der Waals surface area (Å²) >= 11 is 5.83. The Hall–Kier alpha value is 0.0300. The standard InChI is InChI=1S/C10H17Cl/c1-2-9(8-11)10-6-4-3-5-7-10/h2,9-10H,1,3-8H2/t9-/m1/s1. The number of hydrogen-bond donors (Lipinski definition) is 0. The van der Waals surface area contributed by atoms with E-state index in [-0.39, 0.29) is 0 Å². The fourth-order valence-electron chi connectivity index (χ4n) is 1.94. The van der Waals surface area contributed by atoms with Gasteiger partial charge >= 0.3 is 0 Å². The molecular weight excluding hydrogens is 156 g/mol. The molecule has 0 N–H and O–H groups in total. The molecule has 11 heavy (non-hydrogen) atoms. The van der Waals surface area contributed by atoms with E-state index in [1.54, 1.807) is 0 Å². The first kappa shape index (κ1) is 9.12. The van der Waals surface area contributed by atoms with Gasteiger partial charge in [0.15, 0.2) is 0 Å². The molecule has 1 rings (SSSR count). The normalized spacial score (nSPS) is 23.0. The predicted octanol–water partition coefficient (Wildman–Crippen LogP) is 3.61. The van der Waals surface area contributed by atoms with Gasteiger partial charge in [0.1, 0.15) is 0 Å². The van der Waals surface area contributed by atoms with Gasteiger partial charge in [0, 0.05) is 5.88 Å². The van der Waals surface area contributed by atoms with Gasteiger partial charge in [-0.25, -0.2) is 0 Å². The van der Waals surface area contributed by atoms with Crippen LogP contribution in [0.2, 0.25) is 0 Å². The van der Waals surface area contributed by atoms with E-state index in [0.717, 1.165) is 11.8 Å². The molecule has 1 aliphatic rings. The first-order chi connectivity index (χ1) is 5.38. The molecule has 0 aromatic rings. The van der Waals surface area contributed by atoms with E-state index in [9.17, 15) is 0 Å². The lowest BCUT2D eigenvalue weighted by atomic mass is 9.81. The minimum absolute atomic E-state index is 0.567. The smallest absolute Gasteiger partial charge is 0.0288 e. The molecule has 0 amide bonds. The summed E-state index contributed by atoms with van der Waals surface area (Å²) in [6.07, 6.45) is 8.97. The molecule has 0 heterocycles. The zero-order chi connectivity index (χ0) is 8.10. The highest BCUT2D eigenvalue weighted by Crippen LogP contribution is 2.30. The Morgan fingerprint density at radius 1 is 1.36 bits per heavy atom. The van der Waals surface area contributed by atoms with Crippen molar-refractivity contribution in [1.82, 2.24) is 0 Å². The molecule has 1 fully saturated rings. The summed E-state index contributed by atoms with van der Waals surface area (Å²) in [6, 6.07) is 0. The molecule has 1 aliphatic carbocycles. The van der Waals surface area contributed by atoms with Gasteiger partial charge in [-0.1, -0.05) is 25.3 Å². The van der Waals surface area contributed by atoms with Crippen LogP contribution in [0, 0.1) is 11.8 Å². The van der Waals surface area contributed by atoms with Crippen LogP contribution in [0.1, 0.15) is 32.1 Å². The van der Waals surface area contributed by atoms with E-state index >= 15 is 0 Å². The molecule has 1 saturated carbocycles. The van der Waals surface area contributed by atoms with Crippen molar-refractivity contribution in [1.29, 1.82) is 0 Å². The fourth-order valence-corrected chi connectivity index (χ4v) is 2.32. The van der Waals surface area contributed by atoms with E-state index in [2.05, 4.69) is 6.58 Å². The van der Waals surface area contributed by atoms with Crippen LogP contribution in [-0.2, 0) is 0 Å². The van der Waals surface area contributed by atoms with Crippen LogP contribution in [0.4, 0.5) is 0 Å². The van der Waals surface area contributed by atoms with Crippen molar-refractivity contribution in [2.75, 3.05) is 5.88 Å². The van der Waals surface area contributed by atoms with Crippen molar-refractivity contribution in [3.8, 4) is 0 Å². The van der Waals surface area contributed by atoms with Gasteiger partial charge in [-0.2, -0.15) is 0 Å². The first-order valence-corrected chi connectivity index (χ1v) is 5.10. The first-order valence-electron chi connectivity index (χ1n) is 4.57. The maximum atomic E-state index is 5.83. The fraction of sp³-hybridized carbons (Fsp3) is 0.800. The van der Waals surface area contributed by atoms with E-state index in [1.807, 2.05) is 6.08 Å². The summed E-state index contributed by atoms with van der Waals surface area (Å²) in [6.45, 7) is 3.82. The molecule has 0 aliphatic heterocycles. The Balaban J connectivity index is 2.35. The maximum Gasteiger partial charge on any atom is 0.0288 e. The number of alkyl halides is 1. The summed E-state index contributed by atoms with van der Waals surface area (Å²) in [5.41, 5.74) is 0. The van der Waals surface area contributed by atoms with Crippen molar-refractivity contribution in [2.24, 2.45) is 11.8 Å². The van der Waals surface area contributed by atoms with Crippen LogP contribution in [0.25, 0.3) is 0 Å². The third kappa shape index (κ3) is 2.52. The number of hydrogen-bond acceptors (Lipinski definition) is 0. The molecular formula is C10H17Cl. The monoisotopic (exact) mass is 172 g/mol. The zero-order valence-corrected chi connectivity index (χ0v) is 7.82. The van der Waals surface area contributed by atoms with Gasteiger partial charge in [-0.15, -0.1) is 18.2 Å². The minimum Gasteiger partial charge on any atom is -0.126 e. The van der Waals surface area contributed by atoms with Crippen LogP contribution in [0.15, 0.2) is 12.7 Å². The second-order valence-corrected chi connectivity index (χ2v) is 3.76. The van der Waals surface area contributed by atoms with Crippen LogP contribution in [0.3, 0.4) is 0 Å². The molecule has 1 heteroatoms. The molecule has 0 saturated heterocycles. The highest BCUT2D eigenvalue weighted by atomic mass is 35.5. The average molecular weight is 173 g/mol. The van der Waals surface area contributed by atoms with Gasteiger partial charge in [0.05, 0.1) is 0 Å².